The highest BCUT2D eigenvalue weighted by Crippen LogP contribution is 2.40. The van der Waals surface area contributed by atoms with E-state index in [0.717, 1.165) is 19.7 Å². The number of halogens is 1. The molecule has 2 nitrogen and oxygen atoms in total. The molecule has 1 aliphatic rings. The molecular formula is C13H20BrNOS. The minimum absolute atomic E-state index is 0.282. The van der Waals surface area contributed by atoms with Crippen LogP contribution in [0.1, 0.15) is 31.2 Å². The van der Waals surface area contributed by atoms with Crippen molar-refractivity contribution in [2.45, 2.75) is 26.4 Å². The van der Waals surface area contributed by atoms with Crippen LogP contribution < -0.4 is 5.32 Å². The summed E-state index contributed by atoms with van der Waals surface area (Å²) in [5, 5.41) is 5.67. The first-order valence-electron chi connectivity index (χ1n) is 6.23. The fourth-order valence-corrected chi connectivity index (χ4v) is 3.94. The Morgan fingerprint density at radius 3 is 3.06 bits per heavy atom. The Morgan fingerprint density at radius 2 is 2.41 bits per heavy atom. The smallest absolute Gasteiger partial charge is 0.0969 e. The van der Waals surface area contributed by atoms with Gasteiger partial charge < -0.3 is 10.1 Å². The maximum Gasteiger partial charge on any atom is 0.0969 e. The molecule has 2 atom stereocenters. The van der Waals surface area contributed by atoms with Gasteiger partial charge in [-0.3, -0.25) is 0 Å². The van der Waals surface area contributed by atoms with Crippen LogP contribution in [-0.4, -0.2) is 19.7 Å². The molecule has 2 rings (SSSR count). The average Bonchev–Trinajstić information content (AvgIpc) is 2.86. The van der Waals surface area contributed by atoms with Gasteiger partial charge in [0.25, 0.3) is 0 Å². The van der Waals surface area contributed by atoms with Gasteiger partial charge in [0.15, 0.2) is 0 Å². The van der Waals surface area contributed by atoms with E-state index in [0.29, 0.717) is 11.8 Å². The molecule has 1 aromatic rings. The summed E-state index contributed by atoms with van der Waals surface area (Å²) in [5.41, 5.74) is 0. The minimum Gasteiger partial charge on any atom is -0.372 e. The van der Waals surface area contributed by atoms with Crippen molar-refractivity contribution in [2.75, 3.05) is 19.7 Å². The van der Waals surface area contributed by atoms with Gasteiger partial charge in [-0.25, -0.2) is 0 Å². The van der Waals surface area contributed by atoms with Crippen molar-refractivity contribution in [2.24, 2.45) is 11.8 Å². The van der Waals surface area contributed by atoms with Crippen LogP contribution in [0.4, 0.5) is 0 Å². The summed E-state index contributed by atoms with van der Waals surface area (Å²) >= 11 is 5.40. The zero-order chi connectivity index (χ0) is 12.3. The molecule has 96 valence electrons. The monoisotopic (exact) mass is 317 g/mol. The Balaban J connectivity index is 1.91. The number of nitrogens with one attached hydrogen (secondary N) is 1. The van der Waals surface area contributed by atoms with Crippen molar-refractivity contribution in [1.29, 1.82) is 0 Å². The van der Waals surface area contributed by atoms with Gasteiger partial charge in [0.05, 0.1) is 6.10 Å². The van der Waals surface area contributed by atoms with Gasteiger partial charge in [0.1, 0.15) is 0 Å². The zero-order valence-electron chi connectivity index (χ0n) is 10.4. The van der Waals surface area contributed by atoms with E-state index in [1.165, 1.54) is 15.8 Å². The summed E-state index contributed by atoms with van der Waals surface area (Å²) < 4.78 is 7.09. The predicted molar refractivity (Wildman–Crippen MR) is 76.5 cm³/mol. The number of ether oxygens (including phenoxy) is 1. The van der Waals surface area contributed by atoms with Gasteiger partial charge in [-0.05, 0) is 46.3 Å². The summed E-state index contributed by atoms with van der Waals surface area (Å²) in [6.07, 6.45) is 1.45. The van der Waals surface area contributed by atoms with E-state index in [1.807, 2.05) is 0 Å². The van der Waals surface area contributed by atoms with Crippen molar-refractivity contribution in [3.8, 4) is 0 Å². The summed E-state index contributed by atoms with van der Waals surface area (Å²) in [5.74, 6) is 1.33. The molecule has 0 spiro atoms. The van der Waals surface area contributed by atoms with Crippen LogP contribution in [-0.2, 0) is 4.74 Å². The standard InChI is InChI=1S/C13H20BrNOS/c1-9(2)7-15-8-10-3-5-16-12(10)13-11(14)4-6-17-13/h4,6,9-10,12,15H,3,5,7-8H2,1-2H3. The van der Waals surface area contributed by atoms with Crippen LogP contribution in [0, 0.1) is 11.8 Å². The molecule has 0 saturated carbocycles. The van der Waals surface area contributed by atoms with Gasteiger partial charge in [-0.15, -0.1) is 11.3 Å². The third kappa shape index (κ3) is 3.53. The molecule has 1 saturated heterocycles. The molecule has 1 fully saturated rings. The van der Waals surface area contributed by atoms with E-state index in [1.54, 1.807) is 11.3 Å². The lowest BCUT2D eigenvalue weighted by molar-refractivity contribution is 0.0927. The van der Waals surface area contributed by atoms with Crippen molar-refractivity contribution < 1.29 is 4.74 Å². The van der Waals surface area contributed by atoms with E-state index in [4.69, 9.17) is 4.74 Å². The van der Waals surface area contributed by atoms with Crippen molar-refractivity contribution in [3.05, 3.63) is 20.8 Å². The molecule has 1 N–H and O–H groups in total. The lowest BCUT2D eigenvalue weighted by atomic mass is 10.00. The largest absolute Gasteiger partial charge is 0.372 e. The molecule has 0 amide bonds. The Labute approximate surface area is 116 Å². The first-order valence-corrected chi connectivity index (χ1v) is 7.91. The van der Waals surface area contributed by atoms with Crippen LogP contribution in [0.3, 0.4) is 0 Å². The fourth-order valence-electron chi connectivity index (χ4n) is 2.20. The van der Waals surface area contributed by atoms with Gasteiger partial charge >= 0.3 is 0 Å². The Morgan fingerprint density at radius 1 is 1.59 bits per heavy atom. The van der Waals surface area contributed by atoms with E-state index in [9.17, 15) is 0 Å². The molecule has 0 radical (unpaired) electrons. The number of hydrogen-bond donors (Lipinski definition) is 1. The predicted octanol–water partition coefficient (Wildman–Crippen LogP) is 3.83. The van der Waals surface area contributed by atoms with Gasteiger partial charge in [0.2, 0.25) is 0 Å². The Kier molecular flexibility index (Phi) is 5.03. The van der Waals surface area contributed by atoms with Crippen LogP contribution >= 0.6 is 27.3 Å². The fraction of sp³-hybridized carbons (Fsp3) is 0.692. The second-order valence-corrected chi connectivity index (χ2v) is 6.83. The van der Waals surface area contributed by atoms with Crippen LogP contribution in [0.25, 0.3) is 0 Å². The Bertz CT molecular complexity index is 353. The van der Waals surface area contributed by atoms with Crippen molar-refractivity contribution in [1.82, 2.24) is 5.32 Å². The second-order valence-electron chi connectivity index (χ2n) is 5.03. The number of thiophene rings is 1. The quantitative estimate of drug-likeness (QED) is 0.891. The molecule has 0 aromatic carbocycles. The molecule has 1 aliphatic heterocycles. The molecule has 1 aromatic heterocycles. The third-order valence-corrected chi connectivity index (χ3v) is 5.01. The highest BCUT2D eigenvalue weighted by atomic mass is 79.9. The molecule has 4 heteroatoms. The minimum atomic E-state index is 0.282. The number of rotatable bonds is 5. The van der Waals surface area contributed by atoms with E-state index < -0.39 is 0 Å². The van der Waals surface area contributed by atoms with Crippen molar-refractivity contribution >= 4 is 27.3 Å². The average molecular weight is 318 g/mol. The summed E-state index contributed by atoms with van der Waals surface area (Å²) in [6.45, 7) is 7.53. The molecule has 2 heterocycles. The van der Waals surface area contributed by atoms with Crippen LogP contribution in [0.15, 0.2) is 15.9 Å². The third-order valence-electron chi connectivity index (χ3n) is 3.08. The molecular weight excluding hydrogens is 298 g/mol. The zero-order valence-corrected chi connectivity index (χ0v) is 12.8. The normalized spacial score (nSPS) is 24.7. The van der Waals surface area contributed by atoms with Gasteiger partial charge in [-0.1, -0.05) is 13.8 Å². The van der Waals surface area contributed by atoms with E-state index in [2.05, 4.69) is 46.5 Å². The number of hydrogen-bond acceptors (Lipinski definition) is 3. The highest BCUT2D eigenvalue weighted by molar-refractivity contribution is 9.10. The summed E-state index contributed by atoms with van der Waals surface area (Å²) in [4.78, 5) is 1.35. The Hall–Kier alpha value is 0.100. The maximum atomic E-state index is 5.89. The molecule has 0 bridgehead atoms. The van der Waals surface area contributed by atoms with Crippen molar-refractivity contribution in [3.63, 3.8) is 0 Å². The SMILES string of the molecule is CC(C)CNCC1CCOC1c1sccc1Br. The second kappa shape index (κ2) is 6.32. The topological polar surface area (TPSA) is 21.3 Å². The summed E-state index contributed by atoms with van der Waals surface area (Å²) in [7, 11) is 0. The lowest BCUT2D eigenvalue weighted by Gasteiger charge is -2.19. The van der Waals surface area contributed by atoms with Gasteiger partial charge in [-0.2, -0.15) is 0 Å². The molecule has 2 unspecified atom stereocenters. The van der Waals surface area contributed by atoms with E-state index in [-0.39, 0.29) is 6.10 Å². The summed E-state index contributed by atoms with van der Waals surface area (Å²) in [6, 6.07) is 2.11. The maximum absolute atomic E-state index is 5.89. The van der Waals surface area contributed by atoms with E-state index >= 15 is 0 Å². The first-order chi connectivity index (χ1) is 8.18. The molecule has 17 heavy (non-hydrogen) atoms. The van der Waals surface area contributed by atoms with Gasteiger partial charge in [0, 0.05) is 28.4 Å². The molecule has 0 aliphatic carbocycles. The first kappa shape index (κ1) is 13.5. The van der Waals surface area contributed by atoms with Crippen LogP contribution in [0.2, 0.25) is 0 Å². The highest BCUT2D eigenvalue weighted by Gasteiger charge is 2.31. The lowest BCUT2D eigenvalue weighted by Crippen LogP contribution is -2.27. The van der Waals surface area contributed by atoms with Crippen LogP contribution in [0.5, 0.6) is 0 Å².